The summed E-state index contributed by atoms with van der Waals surface area (Å²) in [6.07, 6.45) is 2.23. The van der Waals surface area contributed by atoms with E-state index in [-0.39, 0.29) is 18.3 Å². The normalized spacial score (nSPS) is 12.2. The standard InChI is InChI=1S/C14H15FN2O2S/c1-9(8-18)13(19)17-14-16-7-12(20-14)6-10-3-2-4-11(15)5-10/h2-5,7,9,18H,6,8H2,1H3,(H,16,17,19)/t9-/m0/s1. The number of carbonyl (C=O) groups excluding carboxylic acids is 1. The average molecular weight is 294 g/mol. The molecule has 0 bridgehead atoms. The Morgan fingerprint density at radius 3 is 3.05 bits per heavy atom. The van der Waals surface area contributed by atoms with Crippen LogP contribution in [-0.4, -0.2) is 22.6 Å². The van der Waals surface area contributed by atoms with Crippen molar-refractivity contribution >= 4 is 22.4 Å². The number of aliphatic hydroxyl groups is 1. The molecule has 0 aliphatic heterocycles. The molecule has 1 amide bonds. The van der Waals surface area contributed by atoms with Crippen molar-refractivity contribution in [1.29, 1.82) is 0 Å². The van der Waals surface area contributed by atoms with Crippen molar-refractivity contribution < 1.29 is 14.3 Å². The smallest absolute Gasteiger partial charge is 0.231 e. The Morgan fingerprint density at radius 1 is 1.55 bits per heavy atom. The molecule has 1 aromatic heterocycles. The van der Waals surface area contributed by atoms with Crippen LogP contribution in [0.5, 0.6) is 0 Å². The molecule has 0 spiro atoms. The van der Waals surface area contributed by atoms with Gasteiger partial charge in [0, 0.05) is 17.5 Å². The van der Waals surface area contributed by atoms with Gasteiger partial charge in [-0.25, -0.2) is 9.37 Å². The van der Waals surface area contributed by atoms with Crippen molar-refractivity contribution in [2.45, 2.75) is 13.3 Å². The summed E-state index contributed by atoms with van der Waals surface area (Å²) in [5, 5.41) is 12.0. The number of halogens is 1. The molecular formula is C14H15FN2O2S. The van der Waals surface area contributed by atoms with E-state index >= 15 is 0 Å². The van der Waals surface area contributed by atoms with Crippen LogP contribution in [0.25, 0.3) is 0 Å². The summed E-state index contributed by atoms with van der Waals surface area (Å²) in [5.74, 6) is -0.998. The van der Waals surface area contributed by atoms with Crippen molar-refractivity contribution in [2.24, 2.45) is 5.92 Å². The third kappa shape index (κ3) is 3.85. The maximum absolute atomic E-state index is 13.1. The van der Waals surface area contributed by atoms with Gasteiger partial charge in [0.2, 0.25) is 5.91 Å². The fourth-order valence-electron chi connectivity index (χ4n) is 1.61. The van der Waals surface area contributed by atoms with Gasteiger partial charge < -0.3 is 10.4 Å². The number of hydrogen-bond donors (Lipinski definition) is 2. The maximum Gasteiger partial charge on any atom is 0.231 e. The van der Waals surface area contributed by atoms with Crippen LogP contribution in [0.2, 0.25) is 0 Å². The van der Waals surface area contributed by atoms with Crippen molar-refractivity contribution in [2.75, 3.05) is 11.9 Å². The van der Waals surface area contributed by atoms with Crippen LogP contribution in [0, 0.1) is 11.7 Å². The van der Waals surface area contributed by atoms with Crippen LogP contribution < -0.4 is 5.32 Å². The number of rotatable bonds is 5. The van der Waals surface area contributed by atoms with E-state index in [2.05, 4.69) is 10.3 Å². The van der Waals surface area contributed by atoms with Crippen LogP contribution in [0.1, 0.15) is 17.4 Å². The van der Waals surface area contributed by atoms with Gasteiger partial charge in [0.25, 0.3) is 0 Å². The van der Waals surface area contributed by atoms with Gasteiger partial charge in [0.05, 0.1) is 12.5 Å². The zero-order valence-electron chi connectivity index (χ0n) is 11.0. The fourth-order valence-corrected chi connectivity index (χ4v) is 2.46. The summed E-state index contributed by atoms with van der Waals surface area (Å²) in [5.41, 5.74) is 0.857. The zero-order valence-corrected chi connectivity index (χ0v) is 11.8. The first-order valence-electron chi connectivity index (χ1n) is 6.19. The lowest BCUT2D eigenvalue weighted by Crippen LogP contribution is -2.22. The van der Waals surface area contributed by atoms with Gasteiger partial charge in [0.15, 0.2) is 5.13 Å². The minimum Gasteiger partial charge on any atom is -0.396 e. The molecule has 2 N–H and O–H groups in total. The largest absolute Gasteiger partial charge is 0.396 e. The molecule has 0 saturated heterocycles. The molecule has 0 unspecified atom stereocenters. The summed E-state index contributed by atoms with van der Waals surface area (Å²) in [6.45, 7) is 1.43. The minimum absolute atomic E-state index is 0.201. The summed E-state index contributed by atoms with van der Waals surface area (Å²) < 4.78 is 13.1. The van der Waals surface area contributed by atoms with Gasteiger partial charge in [-0.1, -0.05) is 19.1 Å². The van der Waals surface area contributed by atoms with E-state index in [1.54, 1.807) is 19.2 Å². The number of hydrogen-bond acceptors (Lipinski definition) is 4. The molecule has 106 valence electrons. The third-order valence-electron chi connectivity index (χ3n) is 2.77. The van der Waals surface area contributed by atoms with E-state index < -0.39 is 5.92 Å². The number of nitrogens with zero attached hydrogens (tertiary/aromatic N) is 1. The molecule has 0 aliphatic carbocycles. The molecule has 20 heavy (non-hydrogen) atoms. The number of carbonyl (C=O) groups is 1. The summed E-state index contributed by atoms with van der Waals surface area (Å²) in [6, 6.07) is 6.39. The molecule has 1 aromatic carbocycles. The third-order valence-corrected chi connectivity index (χ3v) is 3.69. The second-order valence-corrected chi connectivity index (χ2v) is 5.63. The van der Waals surface area contributed by atoms with Crippen LogP contribution in [0.15, 0.2) is 30.5 Å². The fraction of sp³-hybridized carbons (Fsp3) is 0.286. The maximum atomic E-state index is 13.1. The lowest BCUT2D eigenvalue weighted by atomic mass is 10.1. The van der Waals surface area contributed by atoms with Gasteiger partial charge in [-0.2, -0.15) is 0 Å². The Balaban J connectivity index is 2.00. The lowest BCUT2D eigenvalue weighted by molar-refractivity contribution is -0.120. The number of thiazole rings is 1. The molecule has 2 aromatic rings. The van der Waals surface area contributed by atoms with E-state index in [0.717, 1.165) is 10.4 Å². The number of amides is 1. The van der Waals surface area contributed by atoms with E-state index in [4.69, 9.17) is 5.11 Å². The SMILES string of the molecule is C[C@@H](CO)C(=O)Nc1ncc(Cc2cccc(F)c2)s1. The molecule has 0 radical (unpaired) electrons. The van der Waals surface area contributed by atoms with E-state index in [1.807, 2.05) is 6.07 Å². The molecule has 1 heterocycles. The Bertz CT molecular complexity index is 600. The van der Waals surface area contributed by atoms with Gasteiger partial charge >= 0.3 is 0 Å². The van der Waals surface area contributed by atoms with Crippen LogP contribution in [0.4, 0.5) is 9.52 Å². The molecule has 2 rings (SSSR count). The number of aromatic nitrogens is 1. The first kappa shape index (κ1) is 14.6. The van der Waals surface area contributed by atoms with Crippen molar-refractivity contribution in [1.82, 2.24) is 4.98 Å². The van der Waals surface area contributed by atoms with E-state index in [9.17, 15) is 9.18 Å². The average Bonchev–Trinajstić information content (AvgIpc) is 2.85. The highest BCUT2D eigenvalue weighted by atomic mass is 32.1. The van der Waals surface area contributed by atoms with Gasteiger partial charge in [0.1, 0.15) is 5.82 Å². The second kappa shape index (κ2) is 6.58. The molecule has 0 fully saturated rings. The lowest BCUT2D eigenvalue weighted by Gasteiger charge is -2.06. The number of benzene rings is 1. The summed E-state index contributed by atoms with van der Waals surface area (Å²) in [7, 11) is 0. The first-order chi connectivity index (χ1) is 9.58. The quantitative estimate of drug-likeness (QED) is 0.890. The Labute approximate surface area is 120 Å². The Morgan fingerprint density at radius 2 is 2.35 bits per heavy atom. The molecule has 1 atom stereocenters. The Kier molecular flexibility index (Phi) is 4.81. The second-order valence-electron chi connectivity index (χ2n) is 4.51. The van der Waals surface area contributed by atoms with Crippen LogP contribution >= 0.6 is 11.3 Å². The minimum atomic E-state index is -0.467. The molecule has 6 heteroatoms. The zero-order chi connectivity index (χ0) is 14.5. The van der Waals surface area contributed by atoms with E-state index in [0.29, 0.717) is 11.6 Å². The van der Waals surface area contributed by atoms with Crippen molar-refractivity contribution in [3.05, 3.63) is 46.7 Å². The number of anilines is 1. The summed E-state index contributed by atoms with van der Waals surface area (Å²) in [4.78, 5) is 16.6. The molecule has 4 nitrogen and oxygen atoms in total. The predicted molar refractivity (Wildman–Crippen MR) is 76.2 cm³/mol. The summed E-state index contributed by atoms with van der Waals surface area (Å²) >= 11 is 1.34. The highest BCUT2D eigenvalue weighted by molar-refractivity contribution is 7.15. The topological polar surface area (TPSA) is 62.2 Å². The van der Waals surface area contributed by atoms with Crippen LogP contribution in [0.3, 0.4) is 0 Å². The van der Waals surface area contributed by atoms with Gasteiger partial charge in [-0.3, -0.25) is 4.79 Å². The number of nitrogens with one attached hydrogen (secondary N) is 1. The highest BCUT2D eigenvalue weighted by Gasteiger charge is 2.13. The van der Waals surface area contributed by atoms with Crippen molar-refractivity contribution in [3.63, 3.8) is 0 Å². The monoisotopic (exact) mass is 294 g/mol. The van der Waals surface area contributed by atoms with Gasteiger partial charge in [-0.05, 0) is 17.7 Å². The predicted octanol–water partition coefficient (Wildman–Crippen LogP) is 2.44. The van der Waals surface area contributed by atoms with Crippen LogP contribution in [-0.2, 0) is 11.2 Å². The number of aliphatic hydroxyl groups excluding tert-OH is 1. The Hall–Kier alpha value is -1.79. The van der Waals surface area contributed by atoms with Gasteiger partial charge in [-0.15, -0.1) is 11.3 Å². The first-order valence-corrected chi connectivity index (χ1v) is 7.01. The van der Waals surface area contributed by atoms with Crippen molar-refractivity contribution in [3.8, 4) is 0 Å². The molecular weight excluding hydrogens is 279 g/mol. The molecule has 0 aliphatic rings. The molecule has 0 saturated carbocycles. The van der Waals surface area contributed by atoms with E-state index in [1.165, 1.54) is 23.5 Å². The highest BCUT2D eigenvalue weighted by Crippen LogP contribution is 2.21.